The summed E-state index contributed by atoms with van der Waals surface area (Å²) >= 11 is 0.747. The smallest absolute Gasteiger partial charge is 0.409 e. The molecular formula is C26H20F2N6O4S. The Morgan fingerprint density at radius 2 is 2.15 bits per heavy atom. The molecule has 13 heteroatoms. The molecule has 10 nitrogen and oxygen atoms in total. The van der Waals surface area contributed by atoms with Crippen molar-refractivity contribution >= 4 is 43.4 Å². The zero-order valence-corrected chi connectivity index (χ0v) is 21.3. The number of ether oxygens (including phenoxy) is 2. The first-order valence-electron chi connectivity index (χ1n) is 12.3. The quantitative estimate of drug-likeness (QED) is 0.368. The second-order valence-corrected chi connectivity index (χ2v) is 11.1. The number of nitriles is 1. The molecule has 7 rings (SSSR count). The van der Waals surface area contributed by atoms with Gasteiger partial charge in [0.1, 0.15) is 23.2 Å². The number of hydrogen-bond acceptors (Lipinski definition) is 9. The molecule has 2 aliphatic heterocycles. The van der Waals surface area contributed by atoms with Crippen LogP contribution in [-0.4, -0.2) is 57.3 Å². The van der Waals surface area contributed by atoms with E-state index < -0.39 is 17.7 Å². The Labute approximate surface area is 223 Å². The van der Waals surface area contributed by atoms with Gasteiger partial charge in [-0.05, 0) is 36.4 Å². The number of nitrogens with zero attached hydrogens (tertiary/aromatic N) is 5. The number of pyridine rings is 1. The SMILES string of the molecule is CN1C[C@H]2C[C@H]2[C@H]1COc1ncc2c3c(c(-c4ncc(F)c5sc(NC(=O)O)c(C#N)c45)c(F)c2n1)COC3. The summed E-state index contributed by atoms with van der Waals surface area (Å²) in [6.07, 6.45) is 2.23. The van der Waals surface area contributed by atoms with Gasteiger partial charge in [0.2, 0.25) is 0 Å². The third-order valence-corrected chi connectivity index (χ3v) is 8.97. The molecule has 1 saturated carbocycles. The van der Waals surface area contributed by atoms with Crippen molar-refractivity contribution in [3.63, 3.8) is 0 Å². The van der Waals surface area contributed by atoms with Crippen molar-refractivity contribution in [2.45, 2.75) is 25.7 Å². The van der Waals surface area contributed by atoms with Crippen LogP contribution in [0.2, 0.25) is 0 Å². The molecule has 198 valence electrons. The van der Waals surface area contributed by atoms with Gasteiger partial charge in [-0.1, -0.05) is 0 Å². The van der Waals surface area contributed by atoms with Crippen molar-refractivity contribution in [2.75, 3.05) is 25.5 Å². The molecule has 1 aliphatic carbocycles. The van der Waals surface area contributed by atoms with E-state index in [2.05, 4.69) is 32.2 Å². The van der Waals surface area contributed by atoms with E-state index in [1.54, 1.807) is 0 Å². The number of likely N-dealkylation sites (N-methyl/N-ethyl adjacent to an activating group) is 1. The second kappa shape index (κ2) is 8.77. The molecule has 1 aromatic carbocycles. The number of carbonyl (C=O) groups is 1. The molecule has 1 amide bonds. The Balaban J connectivity index is 1.38. The van der Waals surface area contributed by atoms with Crippen LogP contribution < -0.4 is 10.1 Å². The minimum Gasteiger partial charge on any atom is -0.465 e. The molecule has 5 heterocycles. The highest BCUT2D eigenvalue weighted by Crippen LogP contribution is 2.49. The molecule has 0 spiro atoms. The number of likely N-dealkylation sites (tertiary alicyclic amines) is 1. The number of rotatable bonds is 5. The standard InChI is InChI=1S/C26H20F2N6O4S/c1-34-6-10-2-11(10)17(34)9-38-25-31-4-13-14-7-37-8-15(14)18(20(28)21(13)32-25)22-19-12(3-29)24(33-26(35)36)39-23(19)16(27)5-30-22/h4-5,10-11,17,33H,2,6-9H2,1H3,(H,35,36)/t10-,11-,17-/m1/s1. The summed E-state index contributed by atoms with van der Waals surface area (Å²) in [6, 6.07) is 2.23. The van der Waals surface area contributed by atoms with Crippen molar-refractivity contribution in [2.24, 2.45) is 11.8 Å². The minimum absolute atomic E-state index is 0.000205. The van der Waals surface area contributed by atoms with E-state index >= 15 is 4.39 Å². The maximum atomic E-state index is 16.4. The zero-order valence-electron chi connectivity index (χ0n) is 20.5. The number of nitrogens with one attached hydrogen (secondary N) is 1. The van der Waals surface area contributed by atoms with Gasteiger partial charge >= 0.3 is 12.1 Å². The lowest BCUT2D eigenvalue weighted by Crippen LogP contribution is -2.34. The van der Waals surface area contributed by atoms with Crippen LogP contribution in [0.1, 0.15) is 23.1 Å². The largest absolute Gasteiger partial charge is 0.465 e. The van der Waals surface area contributed by atoms with Crippen LogP contribution in [0.15, 0.2) is 12.4 Å². The Kier molecular flexibility index (Phi) is 5.41. The van der Waals surface area contributed by atoms with Crippen LogP contribution in [0.3, 0.4) is 0 Å². The molecule has 0 bridgehead atoms. The first kappa shape index (κ1) is 24.1. The summed E-state index contributed by atoms with van der Waals surface area (Å²) in [5, 5.41) is 21.6. The highest BCUT2D eigenvalue weighted by molar-refractivity contribution is 7.23. The molecule has 4 aromatic rings. The number of amides is 1. The first-order chi connectivity index (χ1) is 18.9. The van der Waals surface area contributed by atoms with Gasteiger partial charge in [0.05, 0.1) is 35.4 Å². The molecular weight excluding hydrogens is 530 g/mol. The van der Waals surface area contributed by atoms with Crippen molar-refractivity contribution < 1.29 is 28.2 Å². The highest BCUT2D eigenvalue weighted by atomic mass is 32.1. The maximum absolute atomic E-state index is 16.4. The topological polar surface area (TPSA) is 133 Å². The molecule has 0 radical (unpaired) electrons. The van der Waals surface area contributed by atoms with Gasteiger partial charge in [0.25, 0.3) is 0 Å². The van der Waals surface area contributed by atoms with E-state index in [-0.39, 0.29) is 62.7 Å². The van der Waals surface area contributed by atoms with Gasteiger partial charge in [-0.25, -0.2) is 18.6 Å². The Hall–Kier alpha value is -3.99. The lowest BCUT2D eigenvalue weighted by atomic mass is 9.94. The zero-order chi connectivity index (χ0) is 27.0. The van der Waals surface area contributed by atoms with Gasteiger partial charge in [0, 0.05) is 35.1 Å². The lowest BCUT2D eigenvalue weighted by Gasteiger charge is -2.22. The Morgan fingerprint density at radius 1 is 1.33 bits per heavy atom. The predicted molar refractivity (Wildman–Crippen MR) is 136 cm³/mol. The van der Waals surface area contributed by atoms with E-state index in [0.29, 0.717) is 35.0 Å². The number of aromatic nitrogens is 3. The summed E-state index contributed by atoms with van der Waals surface area (Å²) in [7, 11) is 2.06. The lowest BCUT2D eigenvalue weighted by molar-refractivity contribution is 0.135. The molecule has 0 unspecified atom stereocenters. The first-order valence-corrected chi connectivity index (χ1v) is 13.1. The second-order valence-electron chi connectivity index (χ2n) is 10.0. The van der Waals surface area contributed by atoms with Gasteiger partial charge in [-0.3, -0.25) is 15.2 Å². The van der Waals surface area contributed by atoms with E-state index in [4.69, 9.17) is 9.47 Å². The molecule has 3 atom stereocenters. The molecule has 3 aliphatic rings. The summed E-state index contributed by atoms with van der Waals surface area (Å²) in [5.41, 5.74) is 1.05. The van der Waals surface area contributed by atoms with Crippen molar-refractivity contribution in [3.05, 3.63) is 40.7 Å². The number of anilines is 1. The van der Waals surface area contributed by atoms with Crippen LogP contribution in [0, 0.1) is 34.8 Å². The van der Waals surface area contributed by atoms with Gasteiger partial charge in [-0.2, -0.15) is 10.2 Å². The van der Waals surface area contributed by atoms with Crippen LogP contribution in [0.5, 0.6) is 6.01 Å². The van der Waals surface area contributed by atoms with E-state index in [1.807, 2.05) is 6.07 Å². The number of thiophene rings is 1. The molecule has 1 saturated heterocycles. The number of fused-ring (bicyclic) bond motifs is 5. The third-order valence-electron chi connectivity index (χ3n) is 7.86. The van der Waals surface area contributed by atoms with Gasteiger partial charge < -0.3 is 14.6 Å². The number of carboxylic acid groups (broad SMARTS) is 1. The number of benzene rings is 1. The van der Waals surface area contributed by atoms with E-state index in [9.17, 15) is 19.6 Å². The highest BCUT2D eigenvalue weighted by Gasteiger charge is 2.51. The number of hydrogen-bond donors (Lipinski definition) is 2. The Morgan fingerprint density at radius 3 is 2.90 bits per heavy atom. The van der Waals surface area contributed by atoms with E-state index in [1.165, 1.54) is 12.6 Å². The molecule has 3 aromatic heterocycles. The van der Waals surface area contributed by atoms with Crippen LogP contribution in [0.25, 0.3) is 32.2 Å². The monoisotopic (exact) mass is 550 g/mol. The van der Waals surface area contributed by atoms with Crippen LogP contribution in [-0.2, 0) is 18.0 Å². The Bertz CT molecular complexity index is 1750. The summed E-state index contributed by atoms with van der Waals surface area (Å²) in [4.78, 5) is 26.5. The van der Waals surface area contributed by atoms with Crippen molar-refractivity contribution in [1.82, 2.24) is 19.9 Å². The molecule has 39 heavy (non-hydrogen) atoms. The fourth-order valence-electron chi connectivity index (χ4n) is 5.96. The summed E-state index contributed by atoms with van der Waals surface area (Å²) in [6.45, 7) is 1.69. The summed E-state index contributed by atoms with van der Waals surface area (Å²) < 4.78 is 42.8. The van der Waals surface area contributed by atoms with Gasteiger partial charge in [-0.15, -0.1) is 11.3 Å². The molecule has 2 fully saturated rings. The van der Waals surface area contributed by atoms with Crippen molar-refractivity contribution in [1.29, 1.82) is 5.26 Å². The minimum atomic E-state index is -1.41. The average Bonchev–Trinajstić information content (AvgIpc) is 3.22. The maximum Gasteiger partial charge on any atom is 0.409 e. The van der Waals surface area contributed by atoms with E-state index in [0.717, 1.165) is 24.1 Å². The van der Waals surface area contributed by atoms with Crippen LogP contribution >= 0.6 is 11.3 Å². The summed E-state index contributed by atoms with van der Waals surface area (Å²) in [5.74, 6) is -0.169. The number of halogens is 2. The third kappa shape index (κ3) is 3.70. The fourth-order valence-corrected chi connectivity index (χ4v) is 7.00. The van der Waals surface area contributed by atoms with Crippen LogP contribution in [0.4, 0.5) is 18.6 Å². The van der Waals surface area contributed by atoms with Crippen molar-refractivity contribution in [3.8, 4) is 23.3 Å². The normalized spacial score (nSPS) is 21.6. The predicted octanol–water partition coefficient (Wildman–Crippen LogP) is 4.51. The van der Waals surface area contributed by atoms with Gasteiger partial charge in [0.15, 0.2) is 11.6 Å². The molecule has 2 N–H and O–H groups in total. The fraction of sp³-hybridized carbons (Fsp3) is 0.346. The average molecular weight is 551 g/mol. The number of piperidine rings is 1.